The smallest absolute Gasteiger partial charge is 0.249 e. The van der Waals surface area contributed by atoms with Crippen LogP contribution in [0.3, 0.4) is 0 Å². The van der Waals surface area contributed by atoms with Crippen molar-refractivity contribution >= 4 is 59.3 Å². The molecule has 0 radical (unpaired) electrons. The fraction of sp³-hybridized carbons (Fsp3) is 0.0625. The molecule has 0 fully saturated rings. The van der Waals surface area contributed by atoms with Crippen molar-refractivity contribution in [2.45, 2.75) is 6.92 Å². The van der Waals surface area contributed by atoms with Gasteiger partial charge in [-0.1, -0.05) is 44.0 Å². The van der Waals surface area contributed by atoms with Gasteiger partial charge in [0.15, 0.2) is 0 Å². The topological polar surface area (TPSA) is 43.1 Å². The second kappa shape index (κ2) is 4.86. The van der Waals surface area contributed by atoms with Crippen LogP contribution in [0, 0.1) is 6.92 Å². The number of aryl methyl sites for hydroxylation is 1. The summed E-state index contributed by atoms with van der Waals surface area (Å²) in [7, 11) is 0. The summed E-state index contributed by atoms with van der Waals surface area (Å²) in [4.78, 5) is 11.9. The maximum Gasteiger partial charge on any atom is 0.249 e. The Hall–Kier alpha value is -1.39. The van der Waals surface area contributed by atoms with Crippen LogP contribution >= 0.6 is 31.9 Å². The molecule has 2 nitrogen and oxygen atoms in total. The van der Waals surface area contributed by atoms with Crippen molar-refractivity contribution in [2.75, 3.05) is 0 Å². The molecular formula is C16H11Br2NO. The fourth-order valence-electron chi connectivity index (χ4n) is 2.67. The van der Waals surface area contributed by atoms with Crippen LogP contribution in [0.1, 0.15) is 15.9 Å². The van der Waals surface area contributed by atoms with Gasteiger partial charge in [0.05, 0.1) is 5.56 Å². The minimum atomic E-state index is -0.396. The number of fused-ring (bicyclic) bond motifs is 3. The molecule has 1 amide bonds. The Morgan fingerprint density at radius 3 is 1.95 bits per heavy atom. The lowest BCUT2D eigenvalue weighted by atomic mass is 9.92. The lowest BCUT2D eigenvalue weighted by Crippen LogP contribution is -2.13. The normalized spacial score (nSPS) is 11.2. The molecule has 3 rings (SSSR count). The number of hydrogen-bond acceptors (Lipinski definition) is 1. The Bertz CT molecular complexity index is 871. The first-order valence-corrected chi connectivity index (χ1v) is 7.68. The molecule has 0 unspecified atom stereocenters. The lowest BCUT2D eigenvalue weighted by Gasteiger charge is -2.13. The highest BCUT2D eigenvalue weighted by molar-refractivity contribution is 9.10. The summed E-state index contributed by atoms with van der Waals surface area (Å²) >= 11 is 6.94. The Labute approximate surface area is 133 Å². The van der Waals surface area contributed by atoms with Crippen LogP contribution in [0.25, 0.3) is 21.5 Å². The molecule has 0 aliphatic carbocycles. The third kappa shape index (κ3) is 2.03. The summed E-state index contributed by atoms with van der Waals surface area (Å²) in [6, 6.07) is 12.0. The van der Waals surface area contributed by atoms with Gasteiger partial charge in [0.1, 0.15) is 0 Å². The zero-order valence-corrected chi connectivity index (χ0v) is 13.9. The highest BCUT2D eigenvalue weighted by atomic mass is 79.9. The summed E-state index contributed by atoms with van der Waals surface area (Å²) < 4.78 is 1.92. The number of hydrogen-bond donors (Lipinski definition) is 1. The first-order chi connectivity index (χ1) is 9.49. The van der Waals surface area contributed by atoms with E-state index in [0.717, 1.165) is 36.1 Å². The van der Waals surface area contributed by atoms with Crippen LogP contribution in [0.2, 0.25) is 0 Å². The first-order valence-electron chi connectivity index (χ1n) is 6.10. The van der Waals surface area contributed by atoms with Crippen LogP contribution in [0.15, 0.2) is 45.3 Å². The van der Waals surface area contributed by atoms with Gasteiger partial charge in [0.25, 0.3) is 0 Å². The average Bonchev–Trinajstić information content (AvgIpc) is 2.38. The molecule has 0 spiro atoms. The molecule has 0 saturated heterocycles. The number of primary amides is 1. The monoisotopic (exact) mass is 391 g/mol. The van der Waals surface area contributed by atoms with Crippen molar-refractivity contribution in [1.82, 2.24) is 0 Å². The van der Waals surface area contributed by atoms with Gasteiger partial charge in [0.2, 0.25) is 5.91 Å². The summed E-state index contributed by atoms with van der Waals surface area (Å²) in [5.41, 5.74) is 7.10. The van der Waals surface area contributed by atoms with Crippen molar-refractivity contribution in [3.8, 4) is 0 Å². The van der Waals surface area contributed by atoms with Gasteiger partial charge >= 0.3 is 0 Å². The number of amides is 1. The second-order valence-corrected chi connectivity index (χ2v) is 6.58. The van der Waals surface area contributed by atoms with Crippen LogP contribution in [-0.2, 0) is 0 Å². The van der Waals surface area contributed by atoms with Gasteiger partial charge in [-0.15, -0.1) is 0 Å². The van der Waals surface area contributed by atoms with Gasteiger partial charge in [-0.3, -0.25) is 4.79 Å². The van der Waals surface area contributed by atoms with Crippen molar-refractivity contribution in [1.29, 1.82) is 0 Å². The van der Waals surface area contributed by atoms with Crippen LogP contribution in [0.5, 0.6) is 0 Å². The largest absolute Gasteiger partial charge is 0.366 e. The Kier molecular flexibility index (Phi) is 3.30. The molecule has 0 aliphatic rings. The number of nitrogens with two attached hydrogens (primary N) is 1. The number of carbonyl (C=O) groups excluding carboxylic acids is 1. The molecule has 100 valence electrons. The second-order valence-electron chi connectivity index (χ2n) is 4.74. The molecule has 4 heteroatoms. The first kappa shape index (κ1) is 13.6. The van der Waals surface area contributed by atoms with Crippen LogP contribution < -0.4 is 5.73 Å². The standard InChI is InChI=1S/C16H11Br2NO/c1-8-13-6-9(17)2-4-11(13)12-5-3-10(18)7-14(12)15(8)16(19)20/h2-7H,1H3,(H2,19,20). The third-order valence-corrected chi connectivity index (χ3v) is 4.53. The van der Waals surface area contributed by atoms with Gasteiger partial charge in [-0.25, -0.2) is 0 Å². The van der Waals surface area contributed by atoms with E-state index in [-0.39, 0.29) is 0 Å². The molecule has 0 aliphatic heterocycles. The van der Waals surface area contributed by atoms with E-state index in [9.17, 15) is 4.79 Å². The van der Waals surface area contributed by atoms with Crippen LogP contribution in [0.4, 0.5) is 0 Å². The van der Waals surface area contributed by atoms with Crippen molar-refractivity contribution in [3.63, 3.8) is 0 Å². The molecule has 0 atom stereocenters. The molecule has 3 aromatic carbocycles. The molecular weight excluding hydrogens is 382 g/mol. The SMILES string of the molecule is Cc1c(C(N)=O)c2cc(Br)ccc2c2ccc(Br)cc12. The number of benzene rings is 3. The zero-order chi connectivity index (χ0) is 14.4. The quantitative estimate of drug-likeness (QED) is 0.586. The molecule has 0 saturated carbocycles. The maximum atomic E-state index is 11.9. The molecule has 2 N–H and O–H groups in total. The van der Waals surface area contributed by atoms with Crippen molar-refractivity contribution in [3.05, 3.63) is 56.5 Å². The maximum absolute atomic E-state index is 11.9. The average molecular weight is 393 g/mol. The Morgan fingerprint density at radius 2 is 1.40 bits per heavy atom. The Morgan fingerprint density at radius 1 is 0.900 bits per heavy atom. The van der Waals surface area contributed by atoms with Gasteiger partial charge < -0.3 is 5.73 Å². The predicted molar refractivity (Wildman–Crippen MR) is 90.1 cm³/mol. The predicted octanol–water partition coefficient (Wildman–Crippen LogP) is 4.93. The van der Waals surface area contributed by atoms with Crippen LogP contribution in [-0.4, -0.2) is 5.91 Å². The molecule has 3 aromatic rings. The minimum Gasteiger partial charge on any atom is -0.366 e. The van der Waals surface area contributed by atoms with Gasteiger partial charge in [-0.05, 0) is 58.3 Å². The zero-order valence-electron chi connectivity index (χ0n) is 10.7. The summed E-state index contributed by atoms with van der Waals surface area (Å²) in [5.74, 6) is -0.396. The van der Waals surface area contributed by atoms with E-state index in [1.165, 1.54) is 0 Å². The third-order valence-electron chi connectivity index (χ3n) is 3.55. The van der Waals surface area contributed by atoms with E-state index < -0.39 is 5.91 Å². The van der Waals surface area contributed by atoms with Crippen molar-refractivity contribution in [2.24, 2.45) is 5.73 Å². The summed E-state index contributed by atoms with van der Waals surface area (Å²) in [6.45, 7) is 1.94. The van der Waals surface area contributed by atoms with E-state index in [2.05, 4.69) is 37.9 Å². The number of halogens is 2. The van der Waals surface area contributed by atoms with Crippen molar-refractivity contribution < 1.29 is 4.79 Å². The molecule has 0 heterocycles. The lowest BCUT2D eigenvalue weighted by molar-refractivity contribution is 0.100. The van der Waals surface area contributed by atoms with E-state index in [1.54, 1.807) is 0 Å². The fourth-order valence-corrected chi connectivity index (χ4v) is 3.40. The van der Waals surface area contributed by atoms with E-state index in [1.807, 2.05) is 37.3 Å². The molecule has 0 aromatic heterocycles. The highest BCUT2D eigenvalue weighted by Gasteiger charge is 2.15. The van der Waals surface area contributed by atoms with Gasteiger partial charge in [0, 0.05) is 8.95 Å². The van der Waals surface area contributed by atoms with E-state index in [0.29, 0.717) is 5.56 Å². The summed E-state index contributed by atoms with van der Waals surface area (Å²) in [5, 5.41) is 4.09. The minimum absolute atomic E-state index is 0.396. The van der Waals surface area contributed by atoms with Gasteiger partial charge in [-0.2, -0.15) is 0 Å². The highest BCUT2D eigenvalue weighted by Crippen LogP contribution is 2.35. The molecule has 20 heavy (non-hydrogen) atoms. The van der Waals surface area contributed by atoms with E-state index in [4.69, 9.17) is 5.73 Å². The van der Waals surface area contributed by atoms with E-state index >= 15 is 0 Å². The number of carbonyl (C=O) groups is 1. The summed E-state index contributed by atoms with van der Waals surface area (Å²) in [6.07, 6.45) is 0. The Balaban J connectivity index is 2.64. The molecule has 0 bridgehead atoms. The number of rotatable bonds is 1.